The molecule has 1 nitrogen and oxygen atoms in total. The van der Waals surface area contributed by atoms with E-state index in [-0.39, 0.29) is 5.04 Å². The second-order valence-corrected chi connectivity index (χ2v) is 12.3. The zero-order valence-electron chi connectivity index (χ0n) is 16.1. The molecule has 0 aliphatic heterocycles. The van der Waals surface area contributed by atoms with E-state index >= 15 is 0 Å². The standard InChI is InChI=1S/C24H27BrOSi/c1-24(2,19-26-18-17-20-13-15-21(25)16-14-20)27(22-9-5-3-6-10-22)23-11-7-4-8-12-23/h3-16,27H,17-19H2,1-2H3. The van der Waals surface area contributed by atoms with Crippen LogP contribution in [0, 0.1) is 0 Å². The molecule has 3 aromatic rings. The predicted octanol–water partition coefficient (Wildman–Crippen LogP) is 4.83. The van der Waals surface area contributed by atoms with Gasteiger partial charge in [0.15, 0.2) is 0 Å². The van der Waals surface area contributed by atoms with Gasteiger partial charge in [-0.2, -0.15) is 0 Å². The van der Waals surface area contributed by atoms with Gasteiger partial charge in [-0.25, -0.2) is 0 Å². The molecule has 0 aromatic heterocycles. The van der Waals surface area contributed by atoms with Gasteiger partial charge in [0.2, 0.25) is 0 Å². The van der Waals surface area contributed by atoms with E-state index in [1.165, 1.54) is 15.9 Å². The minimum Gasteiger partial charge on any atom is -0.381 e. The summed E-state index contributed by atoms with van der Waals surface area (Å²) < 4.78 is 7.30. The highest BCUT2D eigenvalue weighted by atomic mass is 79.9. The summed E-state index contributed by atoms with van der Waals surface area (Å²) in [7, 11) is -1.41. The van der Waals surface area contributed by atoms with Crippen LogP contribution in [0.1, 0.15) is 19.4 Å². The third kappa shape index (κ3) is 5.65. The number of hydrogen-bond acceptors (Lipinski definition) is 1. The number of hydrogen-bond donors (Lipinski definition) is 0. The molecule has 0 saturated carbocycles. The summed E-state index contributed by atoms with van der Waals surface area (Å²) in [6.07, 6.45) is 0.951. The smallest absolute Gasteiger partial charge is 0.110 e. The fraction of sp³-hybridized carbons (Fsp3) is 0.250. The minimum atomic E-state index is -1.41. The van der Waals surface area contributed by atoms with Crippen molar-refractivity contribution in [3.05, 3.63) is 95.0 Å². The lowest BCUT2D eigenvalue weighted by Gasteiger charge is -2.34. The Kier molecular flexibility index (Phi) is 7.05. The van der Waals surface area contributed by atoms with Crippen molar-refractivity contribution in [3.63, 3.8) is 0 Å². The lowest BCUT2D eigenvalue weighted by atomic mass is 10.2. The second kappa shape index (κ2) is 9.49. The van der Waals surface area contributed by atoms with Crippen LogP contribution in [0.2, 0.25) is 5.04 Å². The first-order valence-corrected chi connectivity index (χ1v) is 12.0. The Morgan fingerprint density at radius 3 is 1.81 bits per heavy atom. The topological polar surface area (TPSA) is 9.23 Å². The van der Waals surface area contributed by atoms with Gasteiger partial charge < -0.3 is 4.74 Å². The van der Waals surface area contributed by atoms with Crippen molar-refractivity contribution < 1.29 is 4.74 Å². The highest BCUT2D eigenvalue weighted by Gasteiger charge is 2.34. The largest absolute Gasteiger partial charge is 0.381 e. The Morgan fingerprint density at radius 2 is 1.30 bits per heavy atom. The van der Waals surface area contributed by atoms with E-state index in [4.69, 9.17) is 4.74 Å². The van der Waals surface area contributed by atoms with Crippen LogP contribution < -0.4 is 10.4 Å². The average molecular weight is 439 g/mol. The molecule has 0 heterocycles. The van der Waals surface area contributed by atoms with Crippen molar-refractivity contribution in [1.29, 1.82) is 0 Å². The van der Waals surface area contributed by atoms with E-state index in [1.807, 2.05) is 0 Å². The van der Waals surface area contributed by atoms with Crippen molar-refractivity contribution >= 4 is 35.1 Å². The zero-order valence-corrected chi connectivity index (χ0v) is 18.8. The van der Waals surface area contributed by atoms with Crippen LogP contribution in [0.5, 0.6) is 0 Å². The lowest BCUT2D eigenvalue weighted by Crippen LogP contribution is -2.51. The summed E-state index contributed by atoms with van der Waals surface area (Å²) >= 11 is 3.49. The first-order valence-electron chi connectivity index (χ1n) is 9.48. The van der Waals surface area contributed by atoms with E-state index in [0.717, 1.165) is 24.1 Å². The average Bonchev–Trinajstić information content (AvgIpc) is 2.68. The molecule has 3 rings (SSSR count). The van der Waals surface area contributed by atoms with E-state index in [2.05, 4.69) is 115 Å². The number of rotatable bonds is 8. The first kappa shape index (κ1) is 20.1. The maximum Gasteiger partial charge on any atom is 0.110 e. The van der Waals surface area contributed by atoms with Crippen LogP contribution in [0.4, 0.5) is 0 Å². The highest BCUT2D eigenvalue weighted by molar-refractivity contribution is 9.10. The molecule has 0 aliphatic rings. The van der Waals surface area contributed by atoms with Gasteiger partial charge in [-0.05, 0) is 29.2 Å². The molecule has 0 fully saturated rings. The lowest BCUT2D eigenvalue weighted by molar-refractivity contribution is 0.117. The van der Waals surface area contributed by atoms with E-state index in [1.54, 1.807) is 0 Å². The molecule has 0 aliphatic carbocycles. The zero-order chi connectivity index (χ0) is 19.1. The molecule has 0 unspecified atom stereocenters. The molecule has 3 aromatic carbocycles. The Bertz CT molecular complexity index is 777. The molecular formula is C24H27BrOSi. The summed E-state index contributed by atoms with van der Waals surface area (Å²) in [5, 5.41) is 3.08. The molecule has 0 radical (unpaired) electrons. The van der Waals surface area contributed by atoms with Crippen LogP contribution in [0.3, 0.4) is 0 Å². The molecule has 0 bridgehead atoms. The molecule has 0 N–H and O–H groups in total. The van der Waals surface area contributed by atoms with Crippen molar-refractivity contribution in [2.24, 2.45) is 0 Å². The monoisotopic (exact) mass is 438 g/mol. The van der Waals surface area contributed by atoms with Gasteiger partial charge in [-0.3, -0.25) is 0 Å². The quantitative estimate of drug-likeness (QED) is 0.361. The normalized spacial score (nSPS) is 11.7. The summed E-state index contributed by atoms with van der Waals surface area (Å²) in [5.41, 5.74) is 1.32. The highest BCUT2D eigenvalue weighted by Crippen LogP contribution is 2.28. The summed E-state index contributed by atoms with van der Waals surface area (Å²) in [6, 6.07) is 30.5. The summed E-state index contributed by atoms with van der Waals surface area (Å²) in [4.78, 5) is 0. The van der Waals surface area contributed by atoms with E-state index < -0.39 is 8.80 Å². The van der Waals surface area contributed by atoms with Crippen LogP contribution >= 0.6 is 15.9 Å². The number of halogens is 1. The van der Waals surface area contributed by atoms with Crippen LogP contribution in [0.15, 0.2) is 89.4 Å². The van der Waals surface area contributed by atoms with E-state index in [9.17, 15) is 0 Å². The number of benzene rings is 3. The van der Waals surface area contributed by atoms with Gasteiger partial charge in [-0.1, -0.05) is 113 Å². The second-order valence-electron chi connectivity index (χ2n) is 7.67. The van der Waals surface area contributed by atoms with Gasteiger partial charge in [-0.15, -0.1) is 0 Å². The molecule has 0 atom stereocenters. The molecule has 0 amide bonds. The number of ether oxygens (including phenoxy) is 1. The van der Waals surface area contributed by atoms with Crippen molar-refractivity contribution in [2.45, 2.75) is 25.3 Å². The Labute approximate surface area is 173 Å². The van der Waals surface area contributed by atoms with Gasteiger partial charge in [0, 0.05) is 11.1 Å². The Hall–Kier alpha value is -1.68. The molecule has 140 valence electrons. The van der Waals surface area contributed by atoms with Gasteiger partial charge in [0.05, 0.1) is 6.61 Å². The third-order valence-corrected chi connectivity index (χ3v) is 9.33. The molecule has 0 saturated heterocycles. The Morgan fingerprint density at radius 1 is 0.778 bits per heavy atom. The van der Waals surface area contributed by atoms with Gasteiger partial charge in [0.1, 0.15) is 8.80 Å². The van der Waals surface area contributed by atoms with Gasteiger partial charge >= 0.3 is 0 Å². The summed E-state index contributed by atoms with van der Waals surface area (Å²) in [5.74, 6) is 0. The molecule has 3 heteroatoms. The SMILES string of the molecule is CC(C)(COCCc1ccc(Br)cc1)[SiH](c1ccccc1)c1ccccc1. The van der Waals surface area contributed by atoms with Gasteiger partial charge in [0.25, 0.3) is 0 Å². The molecule has 27 heavy (non-hydrogen) atoms. The minimum absolute atomic E-state index is 0.127. The fourth-order valence-corrected chi connectivity index (χ4v) is 7.60. The Balaban J connectivity index is 1.68. The van der Waals surface area contributed by atoms with Crippen molar-refractivity contribution in [1.82, 2.24) is 0 Å². The summed E-state index contributed by atoms with van der Waals surface area (Å²) in [6.45, 7) is 6.27. The van der Waals surface area contributed by atoms with Crippen molar-refractivity contribution in [2.75, 3.05) is 13.2 Å². The first-order chi connectivity index (χ1) is 13.1. The van der Waals surface area contributed by atoms with Crippen LogP contribution in [-0.4, -0.2) is 22.0 Å². The molecular weight excluding hydrogens is 412 g/mol. The van der Waals surface area contributed by atoms with Crippen molar-refractivity contribution in [3.8, 4) is 0 Å². The molecule has 0 spiro atoms. The third-order valence-electron chi connectivity index (χ3n) is 4.97. The maximum atomic E-state index is 6.18. The predicted molar refractivity (Wildman–Crippen MR) is 122 cm³/mol. The maximum absolute atomic E-state index is 6.18. The van der Waals surface area contributed by atoms with Crippen LogP contribution in [0.25, 0.3) is 0 Å². The van der Waals surface area contributed by atoms with Crippen LogP contribution in [-0.2, 0) is 11.2 Å². The fourth-order valence-electron chi connectivity index (χ4n) is 3.65. The van der Waals surface area contributed by atoms with E-state index in [0.29, 0.717) is 0 Å².